The zero-order valence-corrected chi connectivity index (χ0v) is 14.6. The Kier molecular flexibility index (Phi) is 4.54. The highest BCUT2D eigenvalue weighted by molar-refractivity contribution is 6.12. The third-order valence-corrected chi connectivity index (χ3v) is 5.14. The van der Waals surface area contributed by atoms with Gasteiger partial charge in [-0.2, -0.15) is 0 Å². The molecule has 1 aliphatic heterocycles. The fourth-order valence-corrected chi connectivity index (χ4v) is 3.86. The number of amides is 1. The molecular weight excluding hydrogens is 322 g/mol. The Morgan fingerprint density at radius 3 is 2.08 bits per heavy atom. The second kappa shape index (κ2) is 6.50. The Bertz CT molecular complexity index is 662. The number of carbonyl (C=O) groups is 3. The highest BCUT2D eigenvalue weighted by Gasteiger charge is 2.77. The Morgan fingerprint density at radius 2 is 1.60 bits per heavy atom. The summed E-state index contributed by atoms with van der Waals surface area (Å²) in [6.45, 7) is 3.84. The van der Waals surface area contributed by atoms with Gasteiger partial charge < -0.3 is 14.4 Å². The van der Waals surface area contributed by atoms with Crippen LogP contribution in [0, 0.1) is 5.41 Å². The van der Waals surface area contributed by atoms with Crippen LogP contribution in [0.1, 0.15) is 38.7 Å². The number of hydrogen-bond donors (Lipinski definition) is 0. The molecule has 1 spiro atoms. The third-order valence-electron chi connectivity index (χ3n) is 5.14. The van der Waals surface area contributed by atoms with Crippen molar-refractivity contribution in [3.8, 4) is 0 Å². The predicted molar refractivity (Wildman–Crippen MR) is 89.3 cm³/mol. The molecule has 0 unspecified atom stereocenters. The van der Waals surface area contributed by atoms with Crippen molar-refractivity contribution in [1.29, 1.82) is 0 Å². The lowest BCUT2D eigenvalue weighted by atomic mass is 9.81. The van der Waals surface area contributed by atoms with E-state index in [1.807, 2.05) is 30.3 Å². The van der Waals surface area contributed by atoms with E-state index in [0.717, 1.165) is 5.56 Å². The molecule has 134 valence electrons. The zero-order valence-electron chi connectivity index (χ0n) is 14.6. The monoisotopic (exact) mass is 345 g/mol. The van der Waals surface area contributed by atoms with Crippen LogP contribution in [0.3, 0.4) is 0 Å². The van der Waals surface area contributed by atoms with Crippen molar-refractivity contribution in [2.24, 2.45) is 5.41 Å². The lowest BCUT2D eigenvalue weighted by Gasteiger charge is -2.37. The van der Waals surface area contributed by atoms with E-state index in [2.05, 4.69) is 0 Å². The minimum absolute atomic E-state index is 0.142. The van der Waals surface area contributed by atoms with Crippen LogP contribution in [-0.2, 0) is 30.4 Å². The fraction of sp³-hybridized carbons (Fsp3) is 0.526. The number of likely N-dealkylation sites (tertiary alicyclic amines) is 1. The third kappa shape index (κ3) is 2.60. The minimum atomic E-state index is -1.67. The van der Waals surface area contributed by atoms with Crippen LogP contribution in [0.2, 0.25) is 0 Å². The molecule has 1 amide bonds. The quantitative estimate of drug-likeness (QED) is 0.583. The summed E-state index contributed by atoms with van der Waals surface area (Å²) in [7, 11) is 0. The van der Waals surface area contributed by atoms with Crippen molar-refractivity contribution >= 4 is 17.8 Å². The van der Waals surface area contributed by atoms with Gasteiger partial charge in [0.1, 0.15) is 0 Å². The molecule has 6 nitrogen and oxygen atoms in total. The first kappa shape index (κ1) is 17.5. The average molecular weight is 345 g/mol. The molecule has 3 rings (SSSR count). The summed E-state index contributed by atoms with van der Waals surface area (Å²) in [5.41, 5.74) is -1.52. The van der Waals surface area contributed by atoms with Crippen LogP contribution in [0.5, 0.6) is 0 Å². The summed E-state index contributed by atoms with van der Waals surface area (Å²) in [6, 6.07) is 9.33. The van der Waals surface area contributed by atoms with Crippen LogP contribution in [0.25, 0.3) is 0 Å². The molecule has 2 aliphatic rings. The van der Waals surface area contributed by atoms with Gasteiger partial charge >= 0.3 is 11.9 Å². The van der Waals surface area contributed by atoms with Gasteiger partial charge in [0.2, 0.25) is 11.4 Å². The van der Waals surface area contributed by atoms with E-state index in [1.54, 1.807) is 13.8 Å². The molecule has 1 saturated heterocycles. The van der Waals surface area contributed by atoms with Gasteiger partial charge in [-0.15, -0.1) is 0 Å². The number of nitrogens with zero attached hydrogens (tertiary/aromatic N) is 1. The number of carbonyl (C=O) groups excluding carboxylic acids is 3. The smallest absolute Gasteiger partial charge is 0.344 e. The van der Waals surface area contributed by atoms with Gasteiger partial charge in [-0.1, -0.05) is 30.3 Å². The standard InChI is InChI=1S/C19H23NO5/c1-3-24-16(22)19(17(23)25-4-2)18(10-11-18)12-15(21)20(19)13-14-8-6-5-7-9-14/h5-9H,3-4,10-13H2,1-2H3. The number of esters is 2. The first-order chi connectivity index (χ1) is 12.0. The molecule has 0 aromatic heterocycles. The van der Waals surface area contributed by atoms with E-state index in [1.165, 1.54) is 4.90 Å². The summed E-state index contributed by atoms with van der Waals surface area (Å²) in [6.07, 6.45) is 1.46. The molecule has 1 aliphatic carbocycles. The molecular formula is C19H23NO5. The Labute approximate surface area is 147 Å². The Balaban J connectivity index is 2.07. The molecule has 1 aromatic rings. The van der Waals surface area contributed by atoms with Crippen molar-refractivity contribution in [3.05, 3.63) is 35.9 Å². The molecule has 0 N–H and O–H groups in total. The van der Waals surface area contributed by atoms with Crippen LogP contribution in [-0.4, -0.2) is 41.5 Å². The van der Waals surface area contributed by atoms with E-state index < -0.39 is 22.9 Å². The largest absolute Gasteiger partial charge is 0.464 e. The summed E-state index contributed by atoms with van der Waals surface area (Å²) in [4.78, 5) is 40.1. The molecule has 1 heterocycles. The molecule has 0 bridgehead atoms. The highest BCUT2D eigenvalue weighted by Crippen LogP contribution is 2.64. The van der Waals surface area contributed by atoms with Crippen molar-refractivity contribution in [1.82, 2.24) is 4.90 Å². The normalized spacial score (nSPS) is 19.8. The van der Waals surface area contributed by atoms with E-state index in [-0.39, 0.29) is 32.1 Å². The maximum atomic E-state index is 13.0. The Hall–Kier alpha value is -2.37. The number of hydrogen-bond acceptors (Lipinski definition) is 5. The lowest BCUT2D eigenvalue weighted by molar-refractivity contribution is -0.179. The van der Waals surface area contributed by atoms with E-state index >= 15 is 0 Å². The molecule has 6 heteroatoms. The van der Waals surface area contributed by atoms with Gasteiger partial charge in [-0.3, -0.25) is 4.79 Å². The second-order valence-corrected chi connectivity index (χ2v) is 6.57. The van der Waals surface area contributed by atoms with Gasteiger partial charge in [0.05, 0.1) is 13.2 Å². The molecule has 1 aromatic carbocycles. The van der Waals surface area contributed by atoms with Crippen molar-refractivity contribution in [3.63, 3.8) is 0 Å². The van der Waals surface area contributed by atoms with E-state index in [4.69, 9.17) is 9.47 Å². The van der Waals surface area contributed by atoms with E-state index in [0.29, 0.717) is 12.8 Å². The lowest BCUT2D eigenvalue weighted by Crippen LogP contribution is -2.62. The van der Waals surface area contributed by atoms with Gasteiger partial charge in [0.15, 0.2) is 0 Å². The van der Waals surface area contributed by atoms with Gasteiger partial charge in [0, 0.05) is 18.4 Å². The number of benzene rings is 1. The predicted octanol–water partition coefficient (Wildman–Crippen LogP) is 2.06. The second-order valence-electron chi connectivity index (χ2n) is 6.57. The molecule has 1 saturated carbocycles. The summed E-state index contributed by atoms with van der Waals surface area (Å²) >= 11 is 0. The molecule has 25 heavy (non-hydrogen) atoms. The molecule has 0 radical (unpaired) electrons. The van der Waals surface area contributed by atoms with Crippen LogP contribution < -0.4 is 0 Å². The number of rotatable bonds is 6. The maximum Gasteiger partial charge on any atom is 0.344 e. The van der Waals surface area contributed by atoms with Crippen LogP contribution in [0.4, 0.5) is 0 Å². The van der Waals surface area contributed by atoms with Crippen molar-refractivity contribution in [2.45, 2.75) is 45.2 Å². The topological polar surface area (TPSA) is 72.9 Å². The Morgan fingerprint density at radius 1 is 1.04 bits per heavy atom. The SMILES string of the molecule is CCOC(=O)C1(C(=O)OCC)N(Cc2ccccc2)C(=O)CC12CC2. The van der Waals surface area contributed by atoms with Gasteiger partial charge in [-0.25, -0.2) is 9.59 Å². The molecule has 0 atom stereocenters. The van der Waals surface area contributed by atoms with Crippen molar-refractivity contribution < 1.29 is 23.9 Å². The highest BCUT2D eigenvalue weighted by atomic mass is 16.6. The fourth-order valence-electron chi connectivity index (χ4n) is 3.86. The zero-order chi connectivity index (χ0) is 18.1. The van der Waals surface area contributed by atoms with Crippen molar-refractivity contribution in [2.75, 3.05) is 13.2 Å². The van der Waals surface area contributed by atoms with Crippen LogP contribution >= 0.6 is 0 Å². The maximum absolute atomic E-state index is 13.0. The first-order valence-corrected chi connectivity index (χ1v) is 8.70. The van der Waals surface area contributed by atoms with Gasteiger partial charge in [-0.05, 0) is 32.3 Å². The summed E-state index contributed by atoms with van der Waals surface area (Å²) in [5, 5.41) is 0. The first-order valence-electron chi connectivity index (χ1n) is 8.70. The molecule has 2 fully saturated rings. The van der Waals surface area contributed by atoms with E-state index in [9.17, 15) is 14.4 Å². The minimum Gasteiger partial charge on any atom is -0.464 e. The van der Waals surface area contributed by atoms with Gasteiger partial charge in [0.25, 0.3) is 0 Å². The number of ether oxygens (including phenoxy) is 2. The summed E-state index contributed by atoms with van der Waals surface area (Å²) in [5.74, 6) is -1.55. The summed E-state index contributed by atoms with van der Waals surface area (Å²) < 4.78 is 10.5. The van der Waals surface area contributed by atoms with Crippen LogP contribution in [0.15, 0.2) is 30.3 Å². The average Bonchev–Trinajstić information content (AvgIpc) is 3.31.